The van der Waals surface area contributed by atoms with E-state index in [0.29, 0.717) is 22.7 Å². The van der Waals surface area contributed by atoms with E-state index in [9.17, 15) is 9.59 Å². The van der Waals surface area contributed by atoms with Crippen LogP contribution in [-0.2, 0) is 18.3 Å². The molecule has 3 nitrogen and oxygen atoms in total. The molecule has 104 valence electrons. The third-order valence-corrected chi connectivity index (χ3v) is 3.53. The van der Waals surface area contributed by atoms with E-state index >= 15 is 0 Å². The van der Waals surface area contributed by atoms with Crippen molar-refractivity contribution in [2.24, 2.45) is 7.05 Å². The second-order valence-corrected chi connectivity index (χ2v) is 5.38. The minimum absolute atomic E-state index is 0.0588. The summed E-state index contributed by atoms with van der Waals surface area (Å²) in [5.74, 6) is 0.0209. The van der Waals surface area contributed by atoms with Gasteiger partial charge in [-0.25, -0.2) is 0 Å². The van der Waals surface area contributed by atoms with E-state index in [1.54, 1.807) is 35.8 Å². The van der Waals surface area contributed by atoms with Gasteiger partial charge in [0.1, 0.15) is 5.78 Å². The van der Waals surface area contributed by atoms with Crippen LogP contribution in [0.2, 0.25) is 5.02 Å². The first-order chi connectivity index (χ1) is 9.40. The van der Waals surface area contributed by atoms with E-state index in [1.165, 1.54) is 0 Å². The molecule has 0 aliphatic carbocycles. The van der Waals surface area contributed by atoms with Crippen molar-refractivity contribution in [1.29, 1.82) is 0 Å². The predicted octanol–water partition coefficient (Wildman–Crippen LogP) is 3.35. The lowest BCUT2D eigenvalue weighted by Gasteiger charge is -2.07. The summed E-state index contributed by atoms with van der Waals surface area (Å²) in [4.78, 5) is 23.8. The van der Waals surface area contributed by atoms with Gasteiger partial charge in [-0.15, -0.1) is 0 Å². The molecule has 0 radical (unpaired) electrons. The lowest BCUT2D eigenvalue weighted by molar-refractivity contribution is -0.116. The normalized spacial score (nSPS) is 10.6. The minimum Gasteiger partial charge on any atom is -0.344 e. The van der Waals surface area contributed by atoms with Crippen molar-refractivity contribution in [1.82, 2.24) is 4.57 Å². The van der Waals surface area contributed by atoms with Gasteiger partial charge in [0.25, 0.3) is 0 Å². The zero-order chi connectivity index (χ0) is 14.9. The summed E-state index contributed by atoms with van der Waals surface area (Å²) < 4.78 is 1.80. The van der Waals surface area contributed by atoms with E-state index in [4.69, 9.17) is 11.6 Å². The van der Waals surface area contributed by atoms with Crippen LogP contribution in [0, 0.1) is 6.92 Å². The van der Waals surface area contributed by atoms with Crippen molar-refractivity contribution in [3.63, 3.8) is 0 Å². The highest BCUT2D eigenvalue weighted by Gasteiger charge is 2.18. The molecule has 0 aliphatic rings. The first-order valence-electron chi connectivity index (χ1n) is 6.35. The maximum atomic E-state index is 12.5. The van der Waals surface area contributed by atoms with E-state index in [0.717, 1.165) is 11.3 Å². The number of aryl methyl sites for hydroxylation is 1. The van der Waals surface area contributed by atoms with Crippen LogP contribution in [0.15, 0.2) is 30.3 Å². The number of hydrogen-bond acceptors (Lipinski definition) is 2. The van der Waals surface area contributed by atoms with Crippen molar-refractivity contribution in [2.45, 2.75) is 20.3 Å². The molecular formula is C16H16ClNO2. The summed E-state index contributed by atoms with van der Waals surface area (Å²) >= 11 is 5.83. The van der Waals surface area contributed by atoms with Crippen LogP contribution in [0.25, 0.3) is 0 Å². The summed E-state index contributed by atoms with van der Waals surface area (Å²) in [5, 5.41) is 0.599. The van der Waals surface area contributed by atoms with Crippen molar-refractivity contribution < 1.29 is 9.59 Å². The fourth-order valence-electron chi connectivity index (χ4n) is 2.32. The topological polar surface area (TPSA) is 39.1 Å². The molecule has 0 bridgehead atoms. The number of carbonyl (C=O) groups excluding carboxylic acids is 2. The van der Waals surface area contributed by atoms with Crippen molar-refractivity contribution >= 4 is 23.2 Å². The van der Waals surface area contributed by atoms with Crippen LogP contribution < -0.4 is 0 Å². The highest BCUT2D eigenvalue weighted by molar-refractivity contribution is 6.30. The average Bonchev–Trinajstić information content (AvgIpc) is 2.64. The monoisotopic (exact) mass is 289 g/mol. The third kappa shape index (κ3) is 2.83. The highest BCUT2D eigenvalue weighted by Crippen LogP contribution is 2.20. The Morgan fingerprint density at radius 1 is 1.20 bits per heavy atom. The van der Waals surface area contributed by atoms with Gasteiger partial charge in [0, 0.05) is 29.7 Å². The number of hydrogen-bond donors (Lipinski definition) is 0. The Labute approximate surface area is 123 Å². The van der Waals surface area contributed by atoms with E-state index in [1.807, 2.05) is 20.0 Å². The van der Waals surface area contributed by atoms with Crippen molar-refractivity contribution in [2.75, 3.05) is 0 Å². The van der Waals surface area contributed by atoms with E-state index < -0.39 is 0 Å². The van der Waals surface area contributed by atoms with Gasteiger partial charge in [-0.2, -0.15) is 0 Å². The smallest absolute Gasteiger partial charge is 0.209 e. The molecule has 0 aliphatic heterocycles. The fourth-order valence-corrected chi connectivity index (χ4v) is 2.44. The predicted molar refractivity (Wildman–Crippen MR) is 79.4 cm³/mol. The second-order valence-electron chi connectivity index (χ2n) is 4.94. The molecule has 0 saturated carbocycles. The van der Waals surface area contributed by atoms with E-state index in [-0.39, 0.29) is 11.6 Å². The van der Waals surface area contributed by atoms with Gasteiger partial charge < -0.3 is 4.57 Å². The Bertz CT molecular complexity index is 669. The van der Waals surface area contributed by atoms with Crippen LogP contribution >= 0.6 is 11.6 Å². The van der Waals surface area contributed by atoms with Gasteiger partial charge in [-0.05, 0) is 49.7 Å². The van der Waals surface area contributed by atoms with E-state index in [2.05, 4.69) is 0 Å². The van der Waals surface area contributed by atoms with Gasteiger partial charge in [0.2, 0.25) is 5.78 Å². The highest BCUT2D eigenvalue weighted by atomic mass is 35.5. The summed E-state index contributed by atoms with van der Waals surface area (Å²) in [5.41, 5.74) is 2.94. The summed E-state index contributed by atoms with van der Waals surface area (Å²) in [6.45, 7) is 3.43. The number of aromatic nitrogens is 1. The number of rotatable bonds is 4. The molecule has 0 fully saturated rings. The number of halogens is 1. The molecule has 1 heterocycles. The number of nitrogens with zero attached hydrogens (tertiary/aromatic N) is 1. The number of benzene rings is 1. The average molecular weight is 290 g/mol. The maximum Gasteiger partial charge on any atom is 0.209 e. The molecule has 0 saturated heterocycles. The standard InChI is InChI=1S/C16H16ClNO2/c1-10-8-14(9-11(2)19)18(3)15(10)16(20)12-4-6-13(17)7-5-12/h4-8H,9H2,1-3H3. The van der Waals surface area contributed by atoms with Crippen LogP contribution in [0.4, 0.5) is 0 Å². The number of ketones is 2. The van der Waals surface area contributed by atoms with Gasteiger partial charge in [-0.3, -0.25) is 9.59 Å². The Kier molecular flexibility index (Phi) is 4.09. The van der Waals surface area contributed by atoms with Crippen LogP contribution in [0.5, 0.6) is 0 Å². The maximum absolute atomic E-state index is 12.5. The minimum atomic E-state index is -0.0588. The Hall–Kier alpha value is -1.87. The molecule has 1 aromatic carbocycles. The van der Waals surface area contributed by atoms with Gasteiger partial charge in [0.15, 0.2) is 0 Å². The Balaban J connectivity index is 2.42. The fraction of sp³-hybridized carbons (Fsp3) is 0.250. The summed E-state index contributed by atoms with van der Waals surface area (Å²) in [6.07, 6.45) is 0.339. The van der Waals surface area contributed by atoms with Crippen LogP contribution in [0.3, 0.4) is 0 Å². The lowest BCUT2D eigenvalue weighted by atomic mass is 10.1. The first kappa shape index (κ1) is 14.5. The van der Waals surface area contributed by atoms with Crippen LogP contribution in [-0.4, -0.2) is 16.1 Å². The molecule has 1 aromatic heterocycles. The Morgan fingerprint density at radius 3 is 2.35 bits per heavy atom. The summed E-state index contributed by atoms with van der Waals surface area (Å²) in [6, 6.07) is 8.71. The first-order valence-corrected chi connectivity index (χ1v) is 6.73. The molecule has 0 N–H and O–H groups in total. The van der Waals surface area contributed by atoms with Gasteiger partial charge in [0.05, 0.1) is 5.69 Å². The zero-order valence-corrected chi connectivity index (χ0v) is 12.5. The molecule has 0 atom stereocenters. The molecule has 2 rings (SSSR count). The molecule has 0 unspecified atom stereocenters. The number of Topliss-reactive ketones (excluding diaryl/α,β-unsaturated/α-hetero) is 1. The third-order valence-electron chi connectivity index (χ3n) is 3.27. The van der Waals surface area contributed by atoms with Gasteiger partial charge >= 0.3 is 0 Å². The quantitative estimate of drug-likeness (QED) is 0.810. The SMILES string of the molecule is CC(=O)Cc1cc(C)c(C(=O)c2ccc(Cl)cc2)n1C. The molecule has 0 amide bonds. The molecule has 2 aromatic rings. The Morgan fingerprint density at radius 2 is 1.80 bits per heavy atom. The van der Waals surface area contributed by atoms with Crippen molar-refractivity contribution in [3.8, 4) is 0 Å². The second kappa shape index (κ2) is 5.63. The molecule has 0 spiro atoms. The van der Waals surface area contributed by atoms with Crippen LogP contribution in [0.1, 0.15) is 34.2 Å². The van der Waals surface area contributed by atoms with Gasteiger partial charge in [-0.1, -0.05) is 11.6 Å². The number of carbonyl (C=O) groups is 2. The van der Waals surface area contributed by atoms with Crippen molar-refractivity contribution in [3.05, 3.63) is 57.9 Å². The molecular weight excluding hydrogens is 274 g/mol. The lowest BCUT2D eigenvalue weighted by Crippen LogP contribution is -2.11. The molecule has 4 heteroatoms. The molecule has 20 heavy (non-hydrogen) atoms. The zero-order valence-electron chi connectivity index (χ0n) is 11.7. The largest absolute Gasteiger partial charge is 0.344 e. The summed E-state index contributed by atoms with van der Waals surface area (Å²) in [7, 11) is 1.81.